The maximum atomic E-state index is 5.64. The average Bonchev–Trinajstić information content (AvgIpc) is 2.81. The van der Waals surface area contributed by atoms with Crippen LogP contribution in [0.4, 0.5) is 0 Å². The number of hydrazine groups is 1. The quantitative estimate of drug-likeness (QED) is 0.641. The Labute approximate surface area is 111 Å². The number of hydrogen-bond acceptors (Lipinski definition) is 5. The highest BCUT2D eigenvalue weighted by atomic mass is 32.1. The highest BCUT2D eigenvalue weighted by Gasteiger charge is 2.13. The zero-order valence-corrected chi connectivity index (χ0v) is 11.3. The maximum absolute atomic E-state index is 5.64. The van der Waals surface area contributed by atoms with E-state index in [1.54, 1.807) is 18.4 Å². The van der Waals surface area contributed by atoms with E-state index >= 15 is 0 Å². The fourth-order valence-electron chi connectivity index (χ4n) is 1.84. The normalized spacial score (nSPS) is 12.4. The fraction of sp³-hybridized carbons (Fsp3) is 0.308. The number of hydrogen-bond donors (Lipinski definition) is 2. The SMILES string of the molecule is COc1cccc(C(Cc2csc(C)n2)NN)c1. The van der Waals surface area contributed by atoms with Gasteiger partial charge in [0.1, 0.15) is 5.75 Å². The molecule has 1 atom stereocenters. The number of aryl methyl sites for hydroxylation is 1. The molecule has 1 heterocycles. The van der Waals surface area contributed by atoms with Crippen molar-refractivity contribution in [3.63, 3.8) is 0 Å². The zero-order chi connectivity index (χ0) is 13.0. The third-order valence-electron chi connectivity index (χ3n) is 2.78. The van der Waals surface area contributed by atoms with Crippen molar-refractivity contribution in [1.82, 2.24) is 10.4 Å². The molecule has 1 aromatic heterocycles. The second-order valence-corrected chi connectivity index (χ2v) is 5.12. The van der Waals surface area contributed by atoms with Crippen molar-refractivity contribution < 1.29 is 4.74 Å². The predicted molar refractivity (Wildman–Crippen MR) is 73.6 cm³/mol. The van der Waals surface area contributed by atoms with E-state index in [9.17, 15) is 0 Å². The number of nitrogens with two attached hydrogens (primary N) is 1. The molecule has 0 fully saturated rings. The van der Waals surface area contributed by atoms with Gasteiger partial charge in [0, 0.05) is 11.8 Å². The molecule has 0 amide bonds. The molecule has 1 unspecified atom stereocenters. The van der Waals surface area contributed by atoms with Crippen LogP contribution in [0.2, 0.25) is 0 Å². The Hall–Kier alpha value is -1.43. The van der Waals surface area contributed by atoms with Crippen molar-refractivity contribution in [1.29, 1.82) is 0 Å². The maximum Gasteiger partial charge on any atom is 0.119 e. The highest BCUT2D eigenvalue weighted by Crippen LogP contribution is 2.22. The summed E-state index contributed by atoms with van der Waals surface area (Å²) in [5.74, 6) is 6.47. The molecule has 2 rings (SSSR count). The van der Waals surface area contributed by atoms with Gasteiger partial charge in [-0.1, -0.05) is 12.1 Å². The first kappa shape index (κ1) is 13.0. The number of ether oxygens (including phenoxy) is 1. The van der Waals surface area contributed by atoms with Gasteiger partial charge in [0.15, 0.2) is 0 Å². The van der Waals surface area contributed by atoms with E-state index in [4.69, 9.17) is 10.6 Å². The minimum Gasteiger partial charge on any atom is -0.497 e. The number of benzene rings is 1. The summed E-state index contributed by atoms with van der Waals surface area (Å²) in [4.78, 5) is 4.46. The van der Waals surface area contributed by atoms with Gasteiger partial charge >= 0.3 is 0 Å². The summed E-state index contributed by atoms with van der Waals surface area (Å²) >= 11 is 1.66. The van der Waals surface area contributed by atoms with Gasteiger partial charge in [0.2, 0.25) is 0 Å². The molecule has 1 aromatic carbocycles. The lowest BCUT2D eigenvalue weighted by atomic mass is 10.0. The van der Waals surface area contributed by atoms with Crippen molar-refractivity contribution in [3.8, 4) is 5.75 Å². The van der Waals surface area contributed by atoms with E-state index in [1.165, 1.54) is 0 Å². The number of nitrogens with one attached hydrogen (secondary N) is 1. The second kappa shape index (κ2) is 5.95. The van der Waals surface area contributed by atoms with E-state index in [0.717, 1.165) is 28.4 Å². The first-order chi connectivity index (χ1) is 8.72. The Morgan fingerprint density at radius 1 is 1.50 bits per heavy atom. The molecular weight excluding hydrogens is 246 g/mol. The number of aromatic nitrogens is 1. The van der Waals surface area contributed by atoms with Gasteiger partial charge in [-0.15, -0.1) is 11.3 Å². The number of nitrogens with zero attached hydrogens (tertiary/aromatic N) is 1. The lowest BCUT2D eigenvalue weighted by molar-refractivity contribution is 0.413. The number of thiazole rings is 1. The van der Waals surface area contributed by atoms with Gasteiger partial charge in [-0.3, -0.25) is 11.3 Å². The first-order valence-corrected chi connectivity index (χ1v) is 6.62. The molecule has 3 N–H and O–H groups in total. The minimum absolute atomic E-state index is 0.0431. The molecular formula is C13H17N3OS. The standard InChI is InChI=1S/C13H17N3OS/c1-9-15-11(8-18-9)7-13(16-14)10-4-3-5-12(6-10)17-2/h3-6,8,13,16H,7,14H2,1-2H3. The van der Waals surface area contributed by atoms with Crippen LogP contribution in [-0.4, -0.2) is 12.1 Å². The third-order valence-corrected chi connectivity index (χ3v) is 3.60. The van der Waals surface area contributed by atoms with Crippen molar-refractivity contribution in [2.45, 2.75) is 19.4 Å². The van der Waals surface area contributed by atoms with Gasteiger partial charge in [-0.25, -0.2) is 4.98 Å². The minimum atomic E-state index is 0.0431. The summed E-state index contributed by atoms with van der Waals surface area (Å²) in [6, 6.07) is 7.95. The Kier molecular flexibility index (Phi) is 4.30. The van der Waals surface area contributed by atoms with Crippen molar-refractivity contribution in [2.75, 3.05) is 7.11 Å². The topological polar surface area (TPSA) is 60.2 Å². The number of methoxy groups -OCH3 is 1. The van der Waals surface area contributed by atoms with Crippen molar-refractivity contribution in [3.05, 3.63) is 45.9 Å². The number of rotatable bonds is 5. The van der Waals surface area contributed by atoms with Crippen LogP contribution in [-0.2, 0) is 6.42 Å². The van der Waals surface area contributed by atoms with Crippen LogP contribution in [0.5, 0.6) is 5.75 Å². The Morgan fingerprint density at radius 3 is 2.94 bits per heavy atom. The smallest absolute Gasteiger partial charge is 0.119 e. The molecule has 0 aliphatic heterocycles. The van der Waals surface area contributed by atoms with Crippen LogP contribution in [0, 0.1) is 6.92 Å². The monoisotopic (exact) mass is 263 g/mol. The molecule has 4 nitrogen and oxygen atoms in total. The van der Waals surface area contributed by atoms with Crippen molar-refractivity contribution in [2.24, 2.45) is 5.84 Å². The molecule has 0 radical (unpaired) electrons. The van der Waals surface area contributed by atoms with Gasteiger partial charge in [0.05, 0.1) is 23.9 Å². The van der Waals surface area contributed by atoms with Crippen LogP contribution in [0.3, 0.4) is 0 Å². The predicted octanol–water partition coefficient (Wildman–Crippen LogP) is 2.21. The Bertz CT molecular complexity index is 512. The van der Waals surface area contributed by atoms with Gasteiger partial charge in [-0.2, -0.15) is 0 Å². The van der Waals surface area contributed by atoms with Crippen LogP contribution < -0.4 is 16.0 Å². The summed E-state index contributed by atoms with van der Waals surface area (Å²) in [6.45, 7) is 2.00. The third kappa shape index (κ3) is 3.07. The molecule has 0 aliphatic rings. The van der Waals surface area contributed by atoms with Crippen LogP contribution in [0.1, 0.15) is 22.3 Å². The first-order valence-electron chi connectivity index (χ1n) is 5.74. The second-order valence-electron chi connectivity index (χ2n) is 4.06. The molecule has 0 saturated heterocycles. The van der Waals surface area contributed by atoms with Crippen LogP contribution in [0.25, 0.3) is 0 Å². The lowest BCUT2D eigenvalue weighted by Crippen LogP contribution is -2.29. The van der Waals surface area contributed by atoms with E-state index < -0.39 is 0 Å². The fourth-order valence-corrected chi connectivity index (χ4v) is 2.47. The summed E-state index contributed by atoms with van der Waals surface area (Å²) < 4.78 is 5.22. The van der Waals surface area contributed by atoms with Crippen LogP contribution in [0.15, 0.2) is 29.6 Å². The Balaban J connectivity index is 2.17. The van der Waals surface area contributed by atoms with E-state index in [0.29, 0.717) is 0 Å². The Morgan fingerprint density at radius 2 is 2.33 bits per heavy atom. The zero-order valence-electron chi connectivity index (χ0n) is 10.5. The van der Waals surface area contributed by atoms with E-state index in [-0.39, 0.29) is 6.04 Å². The molecule has 0 aliphatic carbocycles. The molecule has 2 aromatic rings. The summed E-state index contributed by atoms with van der Waals surface area (Å²) in [7, 11) is 1.66. The van der Waals surface area contributed by atoms with Crippen molar-refractivity contribution >= 4 is 11.3 Å². The van der Waals surface area contributed by atoms with E-state index in [2.05, 4.69) is 15.8 Å². The molecule has 96 valence electrons. The average molecular weight is 263 g/mol. The van der Waals surface area contributed by atoms with E-state index in [1.807, 2.05) is 31.2 Å². The summed E-state index contributed by atoms with van der Waals surface area (Å²) in [5, 5.41) is 3.14. The molecule has 0 spiro atoms. The molecule has 5 heteroatoms. The summed E-state index contributed by atoms with van der Waals surface area (Å²) in [6.07, 6.45) is 0.772. The van der Waals surface area contributed by atoms with Crippen LogP contribution >= 0.6 is 11.3 Å². The van der Waals surface area contributed by atoms with Gasteiger partial charge in [0.25, 0.3) is 0 Å². The molecule has 18 heavy (non-hydrogen) atoms. The molecule has 0 saturated carbocycles. The van der Waals surface area contributed by atoms with Gasteiger partial charge in [-0.05, 0) is 24.6 Å². The molecule has 0 bridgehead atoms. The summed E-state index contributed by atoms with van der Waals surface area (Å²) in [5.41, 5.74) is 4.99. The largest absolute Gasteiger partial charge is 0.497 e. The van der Waals surface area contributed by atoms with Gasteiger partial charge < -0.3 is 4.74 Å². The lowest BCUT2D eigenvalue weighted by Gasteiger charge is -2.15. The highest BCUT2D eigenvalue weighted by molar-refractivity contribution is 7.09.